The zero-order valence-corrected chi connectivity index (χ0v) is 19.6. The molecule has 33 heavy (non-hydrogen) atoms. The van der Waals surface area contributed by atoms with Crippen LogP contribution in [0, 0.1) is 34.6 Å². The minimum absolute atomic E-state index is 0.209. The van der Waals surface area contributed by atoms with E-state index in [0.29, 0.717) is 24.5 Å². The maximum Gasteiger partial charge on any atom is 0.255 e. The Bertz CT molecular complexity index is 1280. The number of aryl methyl sites for hydroxylation is 4. The average molecular weight is 445 g/mol. The minimum atomic E-state index is -0.209. The van der Waals surface area contributed by atoms with E-state index in [1.54, 1.807) is 18.2 Å². The third-order valence-corrected chi connectivity index (χ3v) is 5.86. The van der Waals surface area contributed by atoms with E-state index in [1.807, 2.05) is 50.6 Å². The van der Waals surface area contributed by atoms with E-state index in [-0.39, 0.29) is 5.91 Å². The fourth-order valence-corrected chi connectivity index (χ4v) is 3.76. The number of hydrogen-bond acceptors (Lipinski definition) is 5. The minimum Gasteiger partial charge on any atom is -0.489 e. The van der Waals surface area contributed by atoms with Crippen molar-refractivity contribution in [2.24, 2.45) is 0 Å². The van der Waals surface area contributed by atoms with Crippen LogP contribution in [0.3, 0.4) is 0 Å². The van der Waals surface area contributed by atoms with Crippen molar-refractivity contribution >= 4 is 11.6 Å². The Labute approximate surface area is 193 Å². The Morgan fingerprint density at radius 2 is 1.82 bits per heavy atom. The predicted octanol–water partition coefficient (Wildman–Crippen LogP) is 5.29. The van der Waals surface area contributed by atoms with Gasteiger partial charge in [-0.25, -0.2) is 0 Å². The van der Waals surface area contributed by atoms with Crippen molar-refractivity contribution in [1.82, 2.24) is 14.9 Å². The molecule has 1 N–H and O–H groups in total. The van der Waals surface area contributed by atoms with Crippen molar-refractivity contribution in [2.45, 2.75) is 47.8 Å². The van der Waals surface area contributed by atoms with Crippen LogP contribution in [0.2, 0.25) is 0 Å². The van der Waals surface area contributed by atoms with Crippen LogP contribution < -0.4 is 10.1 Å². The third kappa shape index (κ3) is 4.82. The van der Waals surface area contributed by atoms with Crippen LogP contribution in [-0.4, -0.2) is 20.8 Å². The van der Waals surface area contributed by atoms with Gasteiger partial charge in [0.1, 0.15) is 18.1 Å². The van der Waals surface area contributed by atoms with Crippen LogP contribution in [0.15, 0.2) is 53.1 Å². The topological polar surface area (TPSA) is 82.2 Å². The van der Waals surface area contributed by atoms with Gasteiger partial charge in [-0.05, 0) is 63.9 Å². The molecule has 0 atom stereocenters. The smallest absolute Gasteiger partial charge is 0.255 e. The van der Waals surface area contributed by atoms with Gasteiger partial charge >= 0.3 is 0 Å². The van der Waals surface area contributed by atoms with E-state index < -0.39 is 0 Å². The number of anilines is 1. The number of rotatable bonds is 7. The van der Waals surface area contributed by atoms with E-state index in [0.717, 1.165) is 34.1 Å². The standard InChI is InChI=1S/C26H28N4O3/c1-16-9-6-7-10-22(16)14-30-19(4)25(18(3)28-30)27-26(31)21-11-8-12-23(13-21)32-15-24-17(2)29-33-20(24)5/h6-13H,14-15H2,1-5H3,(H,27,31). The summed E-state index contributed by atoms with van der Waals surface area (Å²) in [5.74, 6) is 1.13. The first-order valence-corrected chi connectivity index (χ1v) is 10.9. The second kappa shape index (κ2) is 9.32. The average Bonchev–Trinajstić information content (AvgIpc) is 3.26. The van der Waals surface area contributed by atoms with Crippen molar-refractivity contribution < 1.29 is 14.1 Å². The van der Waals surface area contributed by atoms with Crippen LogP contribution >= 0.6 is 0 Å². The highest BCUT2D eigenvalue weighted by atomic mass is 16.5. The highest BCUT2D eigenvalue weighted by Crippen LogP contribution is 2.23. The van der Waals surface area contributed by atoms with Gasteiger partial charge in [-0.1, -0.05) is 35.5 Å². The summed E-state index contributed by atoms with van der Waals surface area (Å²) in [7, 11) is 0. The molecule has 1 amide bonds. The molecule has 7 heteroatoms. The first-order chi connectivity index (χ1) is 15.8. The summed E-state index contributed by atoms with van der Waals surface area (Å²) in [5, 5.41) is 11.6. The summed E-state index contributed by atoms with van der Waals surface area (Å²) in [4.78, 5) is 13.0. The second-order valence-corrected chi connectivity index (χ2v) is 8.20. The van der Waals surface area contributed by atoms with Gasteiger partial charge in [0.05, 0.1) is 34.9 Å². The molecule has 2 heterocycles. The SMILES string of the molecule is Cc1ccccc1Cn1nc(C)c(NC(=O)c2cccc(OCc3c(C)noc3C)c2)c1C. The maximum absolute atomic E-state index is 13.0. The molecule has 4 aromatic rings. The third-order valence-electron chi connectivity index (χ3n) is 5.86. The molecule has 0 fully saturated rings. The van der Waals surface area contributed by atoms with Crippen LogP contribution in [0.4, 0.5) is 5.69 Å². The maximum atomic E-state index is 13.0. The quantitative estimate of drug-likeness (QED) is 0.419. The first-order valence-electron chi connectivity index (χ1n) is 10.9. The molecule has 0 unspecified atom stereocenters. The number of aromatic nitrogens is 3. The van der Waals surface area contributed by atoms with Crippen molar-refractivity contribution in [3.63, 3.8) is 0 Å². The number of nitrogens with zero attached hydrogens (tertiary/aromatic N) is 3. The lowest BCUT2D eigenvalue weighted by atomic mass is 10.1. The van der Waals surface area contributed by atoms with Crippen LogP contribution in [0.1, 0.15) is 49.9 Å². The Morgan fingerprint density at radius 1 is 1.03 bits per heavy atom. The van der Waals surface area contributed by atoms with Gasteiger partial charge in [-0.2, -0.15) is 5.10 Å². The zero-order chi connectivity index (χ0) is 23.5. The Hall–Kier alpha value is -3.87. The summed E-state index contributed by atoms with van der Waals surface area (Å²) in [5.41, 5.74) is 7.06. The van der Waals surface area contributed by atoms with Crippen molar-refractivity contribution in [1.29, 1.82) is 0 Å². The van der Waals surface area contributed by atoms with Crippen LogP contribution in [0.5, 0.6) is 5.75 Å². The summed E-state index contributed by atoms with van der Waals surface area (Å²) in [6.45, 7) is 10.7. The number of amides is 1. The van der Waals surface area contributed by atoms with E-state index in [2.05, 4.69) is 34.6 Å². The molecule has 2 aromatic heterocycles. The Kier molecular flexibility index (Phi) is 6.31. The molecule has 4 rings (SSSR count). The molecule has 0 saturated heterocycles. The predicted molar refractivity (Wildman–Crippen MR) is 127 cm³/mol. The summed E-state index contributed by atoms with van der Waals surface area (Å²) in [6.07, 6.45) is 0. The monoisotopic (exact) mass is 444 g/mol. The second-order valence-electron chi connectivity index (χ2n) is 8.20. The molecule has 0 saturated carbocycles. The molecule has 0 radical (unpaired) electrons. The molecule has 7 nitrogen and oxygen atoms in total. The number of hydrogen-bond donors (Lipinski definition) is 1. The van der Waals surface area contributed by atoms with Gasteiger partial charge in [0.2, 0.25) is 0 Å². The van der Waals surface area contributed by atoms with Crippen molar-refractivity contribution in [3.05, 3.63) is 93.6 Å². The first kappa shape index (κ1) is 22.3. The number of benzene rings is 2. The molecular weight excluding hydrogens is 416 g/mol. The fraction of sp³-hybridized carbons (Fsp3) is 0.269. The summed E-state index contributed by atoms with van der Waals surface area (Å²) < 4.78 is 13.0. The van der Waals surface area contributed by atoms with Crippen LogP contribution in [0.25, 0.3) is 0 Å². The molecular formula is C26H28N4O3. The number of ether oxygens (including phenoxy) is 1. The van der Waals surface area contributed by atoms with Gasteiger partial charge in [0.15, 0.2) is 0 Å². The van der Waals surface area contributed by atoms with Gasteiger partial charge in [0.25, 0.3) is 5.91 Å². The molecule has 2 aromatic carbocycles. The lowest BCUT2D eigenvalue weighted by Crippen LogP contribution is -2.13. The molecule has 170 valence electrons. The Morgan fingerprint density at radius 3 is 2.55 bits per heavy atom. The molecule has 0 aliphatic heterocycles. The number of nitrogens with one attached hydrogen (secondary N) is 1. The van der Waals surface area contributed by atoms with E-state index >= 15 is 0 Å². The van der Waals surface area contributed by atoms with E-state index in [1.165, 1.54) is 11.1 Å². The zero-order valence-electron chi connectivity index (χ0n) is 19.6. The molecule has 0 aliphatic carbocycles. The van der Waals surface area contributed by atoms with Gasteiger partial charge in [-0.3, -0.25) is 9.48 Å². The lowest BCUT2D eigenvalue weighted by Gasteiger charge is -2.10. The normalized spacial score (nSPS) is 10.9. The highest BCUT2D eigenvalue weighted by Gasteiger charge is 2.17. The number of carbonyl (C=O) groups excluding carboxylic acids is 1. The molecule has 0 aliphatic rings. The van der Waals surface area contributed by atoms with E-state index in [4.69, 9.17) is 9.26 Å². The largest absolute Gasteiger partial charge is 0.489 e. The lowest BCUT2D eigenvalue weighted by molar-refractivity contribution is 0.102. The van der Waals surface area contributed by atoms with Crippen molar-refractivity contribution in [2.75, 3.05) is 5.32 Å². The van der Waals surface area contributed by atoms with Gasteiger partial charge in [0, 0.05) is 5.56 Å². The number of carbonyl (C=O) groups is 1. The van der Waals surface area contributed by atoms with Crippen molar-refractivity contribution in [3.8, 4) is 5.75 Å². The van der Waals surface area contributed by atoms with E-state index in [9.17, 15) is 4.79 Å². The highest BCUT2D eigenvalue weighted by molar-refractivity contribution is 6.05. The summed E-state index contributed by atoms with van der Waals surface area (Å²) >= 11 is 0. The molecule has 0 spiro atoms. The molecule has 0 bridgehead atoms. The van der Waals surface area contributed by atoms with Gasteiger partial charge < -0.3 is 14.6 Å². The van der Waals surface area contributed by atoms with Crippen LogP contribution in [-0.2, 0) is 13.2 Å². The summed E-state index contributed by atoms with van der Waals surface area (Å²) in [6, 6.07) is 15.4. The van der Waals surface area contributed by atoms with Gasteiger partial charge in [-0.15, -0.1) is 0 Å². The fourth-order valence-electron chi connectivity index (χ4n) is 3.76. The Balaban J connectivity index is 1.48.